The number of ether oxygens (including phenoxy) is 2. The molecule has 44 heavy (non-hydrogen) atoms. The summed E-state index contributed by atoms with van der Waals surface area (Å²) in [7, 11) is 0. The van der Waals surface area contributed by atoms with E-state index in [2.05, 4.69) is 0 Å². The number of carbonyl (C=O) groups excluding carboxylic acids is 3. The van der Waals surface area contributed by atoms with E-state index < -0.39 is 41.1 Å². The van der Waals surface area contributed by atoms with Crippen LogP contribution in [0.5, 0.6) is 0 Å². The van der Waals surface area contributed by atoms with Gasteiger partial charge in [-0.3, -0.25) is 14.4 Å². The number of fused-ring (bicyclic) bond motifs is 3. The lowest BCUT2D eigenvalue weighted by molar-refractivity contribution is -0.159. The number of hydrogen-bond acceptors (Lipinski definition) is 6. The van der Waals surface area contributed by atoms with Crippen LogP contribution in [-0.4, -0.2) is 70.8 Å². The Labute approximate surface area is 256 Å². The molecule has 1 unspecified atom stereocenters. The second kappa shape index (κ2) is 11.0. The Morgan fingerprint density at radius 3 is 2.48 bits per heavy atom. The first-order valence-corrected chi connectivity index (χ1v) is 15.4. The van der Waals surface area contributed by atoms with Gasteiger partial charge in [-0.05, 0) is 54.7 Å². The average Bonchev–Trinajstić information content (AvgIpc) is 3.39. The predicted molar refractivity (Wildman–Crippen MR) is 166 cm³/mol. The lowest BCUT2D eigenvalue weighted by Gasteiger charge is -2.40. The van der Waals surface area contributed by atoms with E-state index in [4.69, 9.17) is 9.47 Å². The van der Waals surface area contributed by atoms with Crippen LogP contribution in [0.1, 0.15) is 25.3 Å². The minimum atomic E-state index is -1.44. The molecule has 0 radical (unpaired) electrons. The molecule has 2 amide bonds. The van der Waals surface area contributed by atoms with Gasteiger partial charge in [0.25, 0.3) is 5.91 Å². The van der Waals surface area contributed by atoms with Crippen LogP contribution < -0.4 is 4.90 Å². The molecule has 0 aromatic heterocycles. The molecule has 4 aliphatic heterocycles. The number of amides is 2. The molecule has 8 nitrogen and oxygen atoms in total. The van der Waals surface area contributed by atoms with Gasteiger partial charge in [-0.25, -0.2) is 0 Å². The van der Waals surface area contributed by atoms with Gasteiger partial charge in [0.1, 0.15) is 17.6 Å². The van der Waals surface area contributed by atoms with E-state index in [-0.39, 0.29) is 31.6 Å². The molecule has 4 heterocycles. The van der Waals surface area contributed by atoms with Crippen molar-refractivity contribution in [2.24, 2.45) is 11.8 Å². The fraction of sp³-hybridized carbons (Fsp3) is 0.361. The maximum atomic E-state index is 14.9. The molecular weight excluding hydrogens is 556 g/mol. The number of hydrogen-bond donors (Lipinski definition) is 1. The second-order valence-corrected chi connectivity index (χ2v) is 12.4. The zero-order valence-electron chi connectivity index (χ0n) is 24.7. The fourth-order valence-electron chi connectivity index (χ4n) is 7.68. The Kier molecular flexibility index (Phi) is 7.14. The van der Waals surface area contributed by atoms with Gasteiger partial charge in [-0.1, -0.05) is 85.0 Å². The summed E-state index contributed by atoms with van der Waals surface area (Å²) in [6.45, 7) is 1.95. The van der Waals surface area contributed by atoms with Crippen molar-refractivity contribution in [2.75, 3.05) is 24.7 Å². The highest BCUT2D eigenvalue weighted by atomic mass is 16.6. The summed E-state index contributed by atoms with van der Waals surface area (Å²) in [5, 5.41) is 12.8. The van der Waals surface area contributed by atoms with Crippen LogP contribution in [0.25, 0.3) is 10.8 Å². The summed E-state index contributed by atoms with van der Waals surface area (Å²) in [4.78, 5) is 46.5. The topological polar surface area (TPSA) is 96.4 Å². The minimum absolute atomic E-state index is 0.245. The number of anilines is 1. The molecule has 0 saturated carbocycles. The molecule has 7 rings (SSSR count). The highest BCUT2D eigenvalue weighted by Gasteiger charge is 2.75. The van der Waals surface area contributed by atoms with E-state index in [1.165, 1.54) is 4.90 Å². The first kappa shape index (κ1) is 28.5. The third-order valence-electron chi connectivity index (χ3n) is 9.65. The molecule has 6 atom stereocenters. The Balaban J connectivity index is 1.37. The van der Waals surface area contributed by atoms with Crippen molar-refractivity contribution in [2.45, 2.75) is 49.5 Å². The summed E-state index contributed by atoms with van der Waals surface area (Å²) in [6, 6.07) is 21.6. The zero-order valence-corrected chi connectivity index (χ0v) is 24.7. The van der Waals surface area contributed by atoms with E-state index in [1.807, 2.05) is 97.1 Å². The summed E-state index contributed by atoms with van der Waals surface area (Å²) in [5.74, 6) is -3.18. The monoisotopic (exact) mass is 592 g/mol. The molecular formula is C36H36N2O6. The lowest BCUT2D eigenvalue weighted by Crippen LogP contribution is -2.59. The van der Waals surface area contributed by atoms with Crippen LogP contribution in [0, 0.1) is 11.8 Å². The lowest BCUT2D eigenvalue weighted by atomic mass is 9.74. The van der Waals surface area contributed by atoms with Crippen LogP contribution in [0.4, 0.5) is 5.69 Å². The molecule has 226 valence electrons. The Morgan fingerprint density at radius 1 is 0.909 bits per heavy atom. The number of likely N-dealkylation sites (tertiary alicyclic amines) is 1. The molecule has 1 spiro atoms. The van der Waals surface area contributed by atoms with E-state index in [1.54, 1.807) is 11.8 Å². The van der Waals surface area contributed by atoms with Crippen molar-refractivity contribution < 1.29 is 29.0 Å². The SMILES string of the molecule is C[C@]12/C=C\CCCOC(=O)[C@H]1[C@H]1C(=O)N([C@@H](CO)Cc3ccccc3)C3C(=O)N(c4ccc5ccccc5c4)CC=C[C@@]31O2. The van der Waals surface area contributed by atoms with Crippen LogP contribution in [-0.2, 0) is 30.3 Å². The van der Waals surface area contributed by atoms with Crippen LogP contribution in [0.3, 0.4) is 0 Å². The van der Waals surface area contributed by atoms with Crippen molar-refractivity contribution >= 4 is 34.2 Å². The second-order valence-electron chi connectivity index (χ2n) is 12.4. The van der Waals surface area contributed by atoms with Crippen LogP contribution in [0.15, 0.2) is 97.1 Å². The van der Waals surface area contributed by atoms with E-state index in [9.17, 15) is 19.5 Å². The quantitative estimate of drug-likeness (QED) is 0.352. The molecule has 3 aromatic rings. The highest BCUT2D eigenvalue weighted by molar-refractivity contribution is 6.06. The summed E-state index contributed by atoms with van der Waals surface area (Å²) < 4.78 is 12.6. The van der Waals surface area contributed by atoms with Gasteiger partial charge < -0.3 is 24.4 Å². The number of carbonyl (C=O) groups is 3. The number of esters is 1. The number of aliphatic hydroxyl groups is 1. The number of aliphatic hydroxyl groups excluding tert-OH is 1. The smallest absolute Gasteiger partial charge is 0.313 e. The van der Waals surface area contributed by atoms with Gasteiger partial charge in [-0.15, -0.1) is 0 Å². The third-order valence-corrected chi connectivity index (χ3v) is 9.65. The first-order chi connectivity index (χ1) is 21.4. The van der Waals surface area contributed by atoms with E-state index in [0.29, 0.717) is 24.9 Å². The van der Waals surface area contributed by atoms with Crippen LogP contribution >= 0.6 is 0 Å². The Bertz CT molecular complexity index is 1670. The van der Waals surface area contributed by atoms with Crippen molar-refractivity contribution in [3.8, 4) is 0 Å². The molecule has 0 bridgehead atoms. The highest BCUT2D eigenvalue weighted by Crippen LogP contribution is 2.57. The Hall–Kier alpha value is -4.27. The van der Waals surface area contributed by atoms with Gasteiger partial charge in [0.05, 0.1) is 30.8 Å². The average molecular weight is 593 g/mol. The molecule has 0 aliphatic carbocycles. The van der Waals surface area contributed by atoms with Gasteiger partial charge in [0, 0.05) is 12.2 Å². The van der Waals surface area contributed by atoms with E-state index in [0.717, 1.165) is 16.3 Å². The molecule has 8 heteroatoms. The largest absolute Gasteiger partial charge is 0.465 e. The third kappa shape index (κ3) is 4.47. The van der Waals surface area contributed by atoms with Gasteiger partial charge in [0.15, 0.2) is 0 Å². The summed E-state index contributed by atoms with van der Waals surface area (Å²) in [5.41, 5.74) is -0.987. The predicted octanol–water partition coefficient (Wildman–Crippen LogP) is 4.21. The molecule has 1 N–H and O–H groups in total. The fourth-order valence-corrected chi connectivity index (χ4v) is 7.68. The first-order valence-electron chi connectivity index (χ1n) is 15.4. The van der Waals surface area contributed by atoms with E-state index >= 15 is 0 Å². The number of cyclic esters (lactones) is 1. The van der Waals surface area contributed by atoms with Crippen LogP contribution in [0.2, 0.25) is 0 Å². The van der Waals surface area contributed by atoms with Gasteiger partial charge in [0.2, 0.25) is 5.91 Å². The molecule has 3 aromatic carbocycles. The number of rotatable bonds is 5. The number of allylic oxidation sites excluding steroid dienone is 1. The summed E-state index contributed by atoms with van der Waals surface area (Å²) in [6.07, 6.45) is 9.23. The van der Waals surface area contributed by atoms with Crippen molar-refractivity contribution in [1.29, 1.82) is 0 Å². The molecule has 2 saturated heterocycles. The molecule has 4 aliphatic rings. The van der Waals surface area contributed by atoms with Crippen molar-refractivity contribution in [3.05, 3.63) is 103 Å². The minimum Gasteiger partial charge on any atom is -0.465 e. The van der Waals surface area contributed by atoms with Crippen molar-refractivity contribution in [3.63, 3.8) is 0 Å². The summed E-state index contributed by atoms with van der Waals surface area (Å²) >= 11 is 0. The standard InChI is InChI=1S/C36H36N2O6/c1-35-17-8-3-9-20-43-34(42)30(35)29-32(40)38(28(23-39)21-24-11-4-2-5-12-24)31-33(41)37(19-10-18-36(29,31)44-35)27-16-15-25-13-6-7-14-26(25)22-27/h2,4-8,10-18,22,28-31,39H,3,9,19-21,23H2,1H3/b17-8-/t28-,29+,30-,31?,35+,36+/m1/s1. The number of benzene rings is 3. The number of nitrogens with zero attached hydrogens (tertiary/aromatic N) is 2. The Morgan fingerprint density at radius 2 is 1.68 bits per heavy atom. The molecule has 2 fully saturated rings. The van der Waals surface area contributed by atoms with Gasteiger partial charge >= 0.3 is 5.97 Å². The van der Waals surface area contributed by atoms with Gasteiger partial charge in [-0.2, -0.15) is 0 Å². The normalized spacial score (nSPS) is 31.3. The maximum Gasteiger partial charge on any atom is 0.313 e. The zero-order chi connectivity index (χ0) is 30.5. The maximum absolute atomic E-state index is 14.9. The van der Waals surface area contributed by atoms with Crippen molar-refractivity contribution in [1.82, 2.24) is 4.90 Å².